The second-order valence-corrected chi connectivity index (χ2v) is 11.1. The standard InChI is InChI=1S/C23H17ClO3S3/c1-28-20-13-15(9-12-18(20)24)21-22(25)17-5-3-4-6-19(17)29-23(21)14-7-10-16(11-8-14)30(2,26)27/h3-13H,1-2H3. The third-order valence-corrected chi connectivity index (χ3v) is 8.35. The van der Waals surface area contributed by atoms with Gasteiger partial charge in [0.1, 0.15) is 0 Å². The summed E-state index contributed by atoms with van der Waals surface area (Å²) in [6.45, 7) is 0. The van der Waals surface area contributed by atoms with Crippen LogP contribution in [0.25, 0.3) is 31.7 Å². The number of fused-ring (bicyclic) bond motifs is 1. The number of thioether (sulfide) groups is 1. The van der Waals surface area contributed by atoms with Gasteiger partial charge in [0, 0.05) is 31.7 Å². The van der Waals surface area contributed by atoms with Crippen LogP contribution in [0.3, 0.4) is 0 Å². The van der Waals surface area contributed by atoms with Gasteiger partial charge in [-0.15, -0.1) is 23.1 Å². The fourth-order valence-electron chi connectivity index (χ4n) is 3.28. The smallest absolute Gasteiger partial charge is 0.196 e. The molecule has 0 aliphatic carbocycles. The molecule has 0 saturated carbocycles. The molecule has 4 rings (SSSR count). The summed E-state index contributed by atoms with van der Waals surface area (Å²) in [6, 6.07) is 19.8. The first-order chi connectivity index (χ1) is 14.3. The van der Waals surface area contributed by atoms with Crippen molar-refractivity contribution in [2.45, 2.75) is 9.79 Å². The lowest BCUT2D eigenvalue weighted by Gasteiger charge is -2.13. The van der Waals surface area contributed by atoms with Crippen LogP contribution in [-0.2, 0) is 9.84 Å². The summed E-state index contributed by atoms with van der Waals surface area (Å²) >= 11 is 9.32. The van der Waals surface area contributed by atoms with Crippen LogP contribution < -0.4 is 5.43 Å². The van der Waals surface area contributed by atoms with E-state index in [2.05, 4.69) is 0 Å². The Morgan fingerprint density at radius 1 is 0.933 bits per heavy atom. The molecular weight excluding hydrogens is 456 g/mol. The third-order valence-electron chi connectivity index (χ3n) is 4.78. The molecule has 0 aliphatic rings. The van der Waals surface area contributed by atoms with Crippen molar-refractivity contribution in [2.24, 2.45) is 0 Å². The number of benzene rings is 3. The molecule has 0 amide bonds. The van der Waals surface area contributed by atoms with Crippen molar-refractivity contribution >= 4 is 54.6 Å². The molecule has 0 saturated heterocycles. The van der Waals surface area contributed by atoms with Crippen molar-refractivity contribution in [1.29, 1.82) is 0 Å². The lowest BCUT2D eigenvalue weighted by Crippen LogP contribution is -2.06. The largest absolute Gasteiger partial charge is 0.288 e. The predicted octanol–water partition coefficient (Wildman–Crippen LogP) is 6.37. The van der Waals surface area contributed by atoms with Crippen molar-refractivity contribution in [3.63, 3.8) is 0 Å². The molecule has 0 radical (unpaired) electrons. The van der Waals surface area contributed by atoms with Crippen molar-refractivity contribution in [2.75, 3.05) is 12.5 Å². The maximum atomic E-state index is 13.5. The summed E-state index contributed by atoms with van der Waals surface area (Å²) in [5.41, 5.74) is 2.13. The summed E-state index contributed by atoms with van der Waals surface area (Å²) < 4.78 is 24.6. The monoisotopic (exact) mass is 472 g/mol. The van der Waals surface area contributed by atoms with Gasteiger partial charge in [0.25, 0.3) is 0 Å². The summed E-state index contributed by atoms with van der Waals surface area (Å²) in [5.74, 6) is 0. The van der Waals surface area contributed by atoms with E-state index in [1.165, 1.54) is 29.4 Å². The van der Waals surface area contributed by atoms with Gasteiger partial charge in [-0.3, -0.25) is 4.79 Å². The molecule has 0 aliphatic heterocycles. The predicted molar refractivity (Wildman–Crippen MR) is 129 cm³/mol. The quantitative estimate of drug-likeness (QED) is 0.323. The van der Waals surface area contributed by atoms with Gasteiger partial charge in [0.05, 0.1) is 9.92 Å². The lowest BCUT2D eigenvalue weighted by atomic mass is 10.0. The molecule has 3 aromatic carbocycles. The van der Waals surface area contributed by atoms with Gasteiger partial charge in [-0.2, -0.15) is 0 Å². The highest BCUT2D eigenvalue weighted by Gasteiger charge is 2.18. The van der Waals surface area contributed by atoms with E-state index in [1.54, 1.807) is 30.3 Å². The van der Waals surface area contributed by atoms with Gasteiger partial charge in [-0.05, 0) is 53.8 Å². The van der Waals surface area contributed by atoms with E-state index in [0.717, 1.165) is 25.6 Å². The molecule has 0 N–H and O–H groups in total. The number of rotatable bonds is 4. The first-order valence-electron chi connectivity index (χ1n) is 9.00. The van der Waals surface area contributed by atoms with Crippen LogP contribution >= 0.6 is 34.7 Å². The zero-order chi connectivity index (χ0) is 21.5. The van der Waals surface area contributed by atoms with Crippen molar-refractivity contribution < 1.29 is 8.42 Å². The van der Waals surface area contributed by atoms with E-state index >= 15 is 0 Å². The second kappa shape index (κ2) is 8.19. The normalized spacial score (nSPS) is 11.7. The van der Waals surface area contributed by atoms with Crippen molar-refractivity contribution in [3.8, 4) is 21.6 Å². The first kappa shape index (κ1) is 21.1. The molecular formula is C23H17ClO3S3. The fraction of sp³-hybridized carbons (Fsp3) is 0.0870. The van der Waals surface area contributed by atoms with Crippen LogP contribution in [0.2, 0.25) is 5.02 Å². The number of hydrogen-bond donors (Lipinski definition) is 0. The Hall–Kier alpha value is -2.12. The molecule has 1 heterocycles. The molecule has 152 valence electrons. The molecule has 7 heteroatoms. The van der Waals surface area contributed by atoms with Gasteiger partial charge in [-0.25, -0.2) is 8.42 Å². The molecule has 30 heavy (non-hydrogen) atoms. The van der Waals surface area contributed by atoms with Gasteiger partial charge < -0.3 is 0 Å². The Labute approximate surface area is 188 Å². The van der Waals surface area contributed by atoms with Crippen LogP contribution in [0.1, 0.15) is 0 Å². The Bertz CT molecular complexity index is 1420. The average Bonchev–Trinajstić information content (AvgIpc) is 2.74. The van der Waals surface area contributed by atoms with E-state index < -0.39 is 9.84 Å². The molecule has 0 atom stereocenters. The molecule has 4 aromatic rings. The SMILES string of the molecule is CSc1cc(-c2c(-c3ccc(S(C)(=O)=O)cc3)sc3ccccc3c2=O)ccc1Cl. The van der Waals surface area contributed by atoms with Crippen molar-refractivity contribution in [3.05, 3.63) is 82.0 Å². The third kappa shape index (κ3) is 3.93. The molecule has 1 aromatic heterocycles. The summed E-state index contributed by atoms with van der Waals surface area (Å²) in [4.78, 5) is 15.4. The zero-order valence-electron chi connectivity index (χ0n) is 16.2. The molecule has 0 unspecified atom stereocenters. The fourth-order valence-corrected chi connectivity index (χ4v) is 5.97. The minimum absolute atomic E-state index is 0.0547. The first-order valence-corrected chi connectivity index (χ1v) is 13.3. The van der Waals surface area contributed by atoms with Gasteiger partial charge in [-0.1, -0.05) is 41.9 Å². The summed E-state index contributed by atoms with van der Waals surface area (Å²) in [7, 11) is -3.30. The minimum Gasteiger partial charge on any atom is -0.288 e. The number of sulfone groups is 1. The summed E-state index contributed by atoms with van der Waals surface area (Å²) in [5, 5.41) is 1.30. The van der Waals surface area contributed by atoms with Gasteiger partial charge in [0.2, 0.25) is 0 Å². The Morgan fingerprint density at radius 3 is 2.27 bits per heavy atom. The highest BCUT2D eigenvalue weighted by atomic mass is 35.5. The minimum atomic E-state index is -3.30. The van der Waals surface area contributed by atoms with E-state index in [9.17, 15) is 13.2 Å². The Morgan fingerprint density at radius 2 is 1.60 bits per heavy atom. The van der Waals surface area contributed by atoms with E-state index in [4.69, 9.17) is 11.6 Å². The zero-order valence-corrected chi connectivity index (χ0v) is 19.4. The molecule has 0 bridgehead atoms. The topological polar surface area (TPSA) is 51.2 Å². The van der Waals surface area contributed by atoms with Gasteiger partial charge >= 0.3 is 0 Å². The number of hydrogen-bond acceptors (Lipinski definition) is 5. The highest BCUT2D eigenvalue weighted by Crippen LogP contribution is 2.39. The Balaban J connectivity index is 2.04. The van der Waals surface area contributed by atoms with E-state index in [0.29, 0.717) is 16.0 Å². The average molecular weight is 473 g/mol. The van der Waals surface area contributed by atoms with Gasteiger partial charge in [0.15, 0.2) is 15.3 Å². The van der Waals surface area contributed by atoms with Crippen LogP contribution in [-0.4, -0.2) is 20.9 Å². The van der Waals surface area contributed by atoms with E-state index in [-0.39, 0.29) is 10.3 Å². The summed E-state index contributed by atoms with van der Waals surface area (Å²) in [6.07, 6.45) is 3.12. The van der Waals surface area contributed by atoms with Crippen LogP contribution in [0.4, 0.5) is 0 Å². The lowest BCUT2D eigenvalue weighted by molar-refractivity contribution is 0.602. The molecule has 0 spiro atoms. The van der Waals surface area contributed by atoms with Crippen LogP contribution in [0.5, 0.6) is 0 Å². The van der Waals surface area contributed by atoms with Crippen molar-refractivity contribution in [1.82, 2.24) is 0 Å². The van der Waals surface area contributed by atoms with Crippen LogP contribution in [0, 0.1) is 0 Å². The Kier molecular flexibility index (Phi) is 5.77. The van der Waals surface area contributed by atoms with Crippen LogP contribution in [0.15, 0.2) is 81.3 Å². The maximum absolute atomic E-state index is 13.5. The molecule has 0 fully saturated rings. The highest BCUT2D eigenvalue weighted by molar-refractivity contribution is 7.98. The number of halogens is 1. The molecule has 3 nitrogen and oxygen atoms in total. The second-order valence-electron chi connectivity index (χ2n) is 6.78. The maximum Gasteiger partial charge on any atom is 0.196 e. The van der Waals surface area contributed by atoms with E-state index in [1.807, 2.05) is 42.7 Å².